The minimum atomic E-state index is -0.299. The fourth-order valence-electron chi connectivity index (χ4n) is 1.39. The lowest BCUT2D eigenvalue weighted by molar-refractivity contribution is 0.188. The Kier molecular flexibility index (Phi) is 4.90. The molecular weight excluding hydrogens is 226 g/mol. The molecule has 0 aliphatic carbocycles. The maximum atomic E-state index is 9.16. The van der Waals surface area contributed by atoms with Gasteiger partial charge in [-0.3, -0.25) is 0 Å². The van der Waals surface area contributed by atoms with Crippen molar-refractivity contribution in [3.63, 3.8) is 0 Å². The molecule has 0 bridgehead atoms. The molecule has 0 aliphatic rings. The van der Waals surface area contributed by atoms with E-state index in [1.165, 1.54) is 0 Å². The van der Waals surface area contributed by atoms with E-state index >= 15 is 0 Å². The lowest BCUT2D eigenvalue weighted by Gasteiger charge is -2.13. The molecule has 0 aromatic heterocycles. The molecule has 1 unspecified atom stereocenters. The zero-order valence-corrected chi connectivity index (χ0v) is 10.6. The molecule has 3 nitrogen and oxygen atoms in total. The van der Waals surface area contributed by atoms with Gasteiger partial charge in [0, 0.05) is 17.6 Å². The highest BCUT2D eigenvalue weighted by Crippen LogP contribution is 2.30. The molecule has 1 aromatic carbocycles. The molecule has 0 saturated heterocycles. The van der Waals surface area contributed by atoms with Crippen LogP contribution in [0.2, 0.25) is 5.02 Å². The van der Waals surface area contributed by atoms with Crippen molar-refractivity contribution in [3.8, 4) is 5.75 Å². The van der Waals surface area contributed by atoms with Gasteiger partial charge in [-0.1, -0.05) is 11.6 Å². The number of hydrogen-bond donors (Lipinski definition) is 2. The molecule has 0 spiro atoms. The summed E-state index contributed by atoms with van der Waals surface area (Å²) in [7, 11) is 1.61. The van der Waals surface area contributed by atoms with Crippen LogP contribution >= 0.6 is 11.6 Å². The summed E-state index contributed by atoms with van der Waals surface area (Å²) in [6, 6.07) is 3.74. The van der Waals surface area contributed by atoms with Gasteiger partial charge >= 0.3 is 0 Å². The molecule has 90 valence electrons. The van der Waals surface area contributed by atoms with Crippen molar-refractivity contribution in [1.29, 1.82) is 0 Å². The zero-order chi connectivity index (χ0) is 12.1. The number of aryl methyl sites for hydroxylation is 1. The van der Waals surface area contributed by atoms with Gasteiger partial charge in [0.15, 0.2) is 0 Å². The Bertz CT molecular complexity index is 353. The zero-order valence-electron chi connectivity index (χ0n) is 9.88. The summed E-state index contributed by atoms with van der Waals surface area (Å²) in [5.41, 5.74) is 1.91. The van der Waals surface area contributed by atoms with Crippen LogP contribution in [0, 0.1) is 6.92 Å². The van der Waals surface area contributed by atoms with E-state index in [0.717, 1.165) is 17.0 Å². The first kappa shape index (κ1) is 13.1. The molecule has 1 aromatic rings. The second-order valence-electron chi connectivity index (χ2n) is 3.87. The largest absolute Gasteiger partial charge is 0.495 e. The van der Waals surface area contributed by atoms with Crippen molar-refractivity contribution in [3.05, 3.63) is 22.7 Å². The van der Waals surface area contributed by atoms with Crippen LogP contribution in [0.1, 0.15) is 18.9 Å². The number of anilines is 1. The molecule has 16 heavy (non-hydrogen) atoms. The summed E-state index contributed by atoms with van der Waals surface area (Å²) in [6.45, 7) is 4.42. The third-order valence-corrected chi connectivity index (χ3v) is 2.77. The number of ether oxygens (including phenoxy) is 1. The Hall–Kier alpha value is -0.930. The number of nitrogens with one attached hydrogen (secondary N) is 1. The smallest absolute Gasteiger partial charge is 0.143 e. The van der Waals surface area contributed by atoms with Crippen LogP contribution in [-0.2, 0) is 0 Å². The molecular formula is C12H18ClNO2. The first-order valence-corrected chi connectivity index (χ1v) is 5.68. The first-order chi connectivity index (χ1) is 7.54. The van der Waals surface area contributed by atoms with E-state index in [1.54, 1.807) is 20.1 Å². The predicted molar refractivity (Wildman–Crippen MR) is 67.5 cm³/mol. The minimum Gasteiger partial charge on any atom is -0.495 e. The van der Waals surface area contributed by atoms with Crippen LogP contribution in [0.3, 0.4) is 0 Å². The highest BCUT2D eigenvalue weighted by atomic mass is 35.5. The molecule has 0 radical (unpaired) electrons. The topological polar surface area (TPSA) is 41.5 Å². The van der Waals surface area contributed by atoms with Gasteiger partial charge in [0.25, 0.3) is 0 Å². The maximum Gasteiger partial charge on any atom is 0.143 e. The van der Waals surface area contributed by atoms with Crippen molar-refractivity contribution in [2.24, 2.45) is 0 Å². The van der Waals surface area contributed by atoms with E-state index in [1.807, 2.05) is 13.0 Å². The summed E-state index contributed by atoms with van der Waals surface area (Å²) in [5.74, 6) is 0.723. The molecule has 2 N–H and O–H groups in total. The van der Waals surface area contributed by atoms with E-state index in [4.69, 9.17) is 21.4 Å². The molecule has 0 fully saturated rings. The normalized spacial score (nSPS) is 12.3. The number of halogens is 1. The molecule has 0 aliphatic heterocycles. The quantitative estimate of drug-likeness (QED) is 0.836. The summed E-state index contributed by atoms with van der Waals surface area (Å²) >= 11 is 6.00. The molecule has 0 heterocycles. The van der Waals surface area contributed by atoms with E-state index in [2.05, 4.69) is 5.32 Å². The third-order valence-electron chi connectivity index (χ3n) is 2.36. The van der Waals surface area contributed by atoms with Crippen LogP contribution < -0.4 is 10.1 Å². The van der Waals surface area contributed by atoms with Crippen molar-refractivity contribution < 1.29 is 9.84 Å². The van der Waals surface area contributed by atoms with E-state index in [9.17, 15) is 0 Å². The van der Waals surface area contributed by atoms with Gasteiger partial charge in [-0.05, 0) is 31.9 Å². The van der Waals surface area contributed by atoms with Crippen LogP contribution in [-0.4, -0.2) is 24.9 Å². The number of methoxy groups -OCH3 is 1. The Balaban J connectivity index is 2.74. The Morgan fingerprint density at radius 3 is 2.75 bits per heavy atom. The summed E-state index contributed by atoms with van der Waals surface area (Å²) in [5, 5.41) is 13.1. The van der Waals surface area contributed by atoms with E-state index < -0.39 is 0 Å². The minimum absolute atomic E-state index is 0.299. The average Bonchev–Trinajstić information content (AvgIpc) is 2.22. The van der Waals surface area contributed by atoms with Crippen LogP contribution in [0.15, 0.2) is 12.1 Å². The van der Waals surface area contributed by atoms with E-state index in [0.29, 0.717) is 18.0 Å². The molecule has 0 amide bonds. The monoisotopic (exact) mass is 243 g/mol. The summed E-state index contributed by atoms with van der Waals surface area (Å²) < 4.78 is 5.23. The van der Waals surface area contributed by atoms with Gasteiger partial charge in [-0.25, -0.2) is 0 Å². The summed E-state index contributed by atoms with van der Waals surface area (Å²) in [6.07, 6.45) is 0.400. The highest BCUT2D eigenvalue weighted by Gasteiger charge is 2.06. The van der Waals surface area contributed by atoms with E-state index in [-0.39, 0.29) is 6.10 Å². The van der Waals surface area contributed by atoms with Gasteiger partial charge in [0.2, 0.25) is 0 Å². The summed E-state index contributed by atoms with van der Waals surface area (Å²) in [4.78, 5) is 0. The van der Waals surface area contributed by atoms with Gasteiger partial charge in [-0.2, -0.15) is 0 Å². The lowest BCUT2D eigenvalue weighted by atomic mass is 10.2. The molecule has 0 saturated carbocycles. The van der Waals surface area contributed by atoms with Gasteiger partial charge < -0.3 is 15.2 Å². The van der Waals surface area contributed by atoms with Gasteiger partial charge in [0.05, 0.1) is 18.9 Å². The molecule has 1 rings (SSSR count). The van der Waals surface area contributed by atoms with Crippen LogP contribution in [0.25, 0.3) is 0 Å². The average molecular weight is 244 g/mol. The number of aliphatic hydroxyl groups is 1. The number of aliphatic hydroxyl groups excluding tert-OH is 1. The highest BCUT2D eigenvalue weighted by molar-refractivity contribution is 6.31. The van der Waals surface area contributed by atoms with Gasteiger partial charge in [-0.15, -0.1) is 0 Å². The van der Waals surface area contributed by atoms with Crippen LogP contribution in [0.5, 0.6) is 5.75 Å². The molecule has 1 atom stereocenters. The number of benzene rings is 1. The maximum absolute atomic E-state index is 9.16. The Morgan fingerprint density at radius 1 is 1.50 bits per heavy atom. The second-order valence-corrected chi connectivity index (χ2v) is 4.27. The predicted octanol–water partition coefficient (Wildman–Crippen LogP) is 2.84. The molecule has 4 heteroatoms. The Morgan fingerprint density at radius 2 is 2.19 bits per heavy atom. The van der Waals surface area contributed by atoms with Crippen molar-refractivity contribution in [2.75, 3.05) is 19.0 Å². The third kappa shape index (κ3) is 3.58. The van der Waals surface area contributed by atoms with Crippen molar-refractivity contribution in [2.45, 2.75) is 26.4 Å². The SMILES string of the molecule is COc1cc(Cl)c(C)cc1NCCC(C)O. The van der Waals surface area contributed by atoms with Crippen molar-refractivity contribution >= 4 is 17.3 Å². The lowest BCUT2D eigenvalue weighted by Crippen LogP contribution is -2.10. The first-order valence-electron chi connectivity index (χ1n) is 5.30. The fraction of sp³-hybridized carbons (Fsp3) is 0.500. The standard InChI is InChI=1S/C12H18ClNO2/c1-8-6-11(14-5-4-9(2)15)12(16-3)7-10(8)13/h6-7,9,14-15H,4-5H2,1-3H3. The van der Waals surface area contributed by atoms with Crippen molar-refractivity contribution in [1.82, 2.24) is 0 Å². The fourth-order valence-corrected chi connectivity index (χ4v) is 1.54. The van der Waals surface area contributed by atoms with Crippen LogP contribution in [0.4, 0.5) is 5.69 Å². The number of hydrogen-bond acceptors (Lipinski definition) is 3. The Labute approximate surface area is 101 Å². The number of rotatable bonds is 5. The van der Waals surface area contributed by atoms with Gasteiger partial charge in [0.1, 0.15) is 5.75 Å². The second kappa shape index (κ2) is 5.97.